The zero-order chi connectivity index (χ0) is 13.8. The van der Waals surface area contributed by atoms with Gasteiger partial charge in [0.05, 0.1) is 0 Å². The van der Waals surface area contributed by atoms with Gasteiger partial charge in [-0.3, -0.25) is 9.69 Å². The highest BCUT2D eigenvalue weighted by Gasteiger charge is 2.22. The number of carbonyl (C=O) groups is 1. The van der Waals surface area contributed by atoms with E-state index in [4.69, 9.17) is 0 Å². The van der Waals surface area contributed by atoms with Crippen LogP contribution < -0.4 is 5.32 Å². The maximum Gasteiger partial charge on any atom is 0.251 e. The van der Waals surface area contributed by atoms with Gasteiger partial charge < -0.3 is 10.2 Å². The Labute approximate surface area is 128 Å². The number of rotatable bonds is 3. The summed E-state index contributed by atoms with van der Waals surface area (Å²) < 4.78 is 1.14. The second-order valence-electron chi connectivity index (χ2n) is 5.11. The first-order valence-corrected chi connectivity index (χ1v) is 7.56. The molecular formula is C14H20IN3O. The lowest BCUT2D eigenvalue weighted by Crippen LogP contribution is -2.54. The Bertz CT molecular complexity index is 435. The predicted octanol–water partition coefficient (Wildman–Crippen LogP) is 1.27. The van der Waals surface area contributed by atoms with Crippen molar-refractivity contribution >= 4 is 28.5 Å². The van der Waals surface area contributed by atoms with Crippen molar-refractivity contribution in [3.63, 3.8) is 0 Å². The molecule has 1 N–H and O–H groups in total. The molecule has 2 rings (SSSR count). The first-order chi connectivity index (χ1) is 9.06. The molecule has 1 aromatic carbocycles. The summed E-state index contributed by atoms with van der Waals surface area (Å²) in [6.45, 7) is 3.85. The van der Waals surface area contributed by atoms with Crippen LogP contribution >= 0.6 is 22.6 Å². The highest BCUT2D eigenvalue weighted by molar-refractivity contribution is 14.1. The lowest BCUT2D eigenvalue weighted by atomic mass is 10.1. The molecule has 1 fully saturated rings. The van der Waals surface area contributed by atoms with Gasteiger partial charge in [-0.05, 0) is 61.0 Å². The van der Waals surface area contributed by atoms with Crippen LogP contribution in [0.3, 0.4) is 0 Å². The number of nitrogens with zero attached hydrogens (tertiary/aromatic N) is 2. The van der Waals surface area contributed by atoms with Crippen molar-refractivity contribution in [1.82, 2.24) is 15.1 Å². The van der Waals surface area contributed by atoms with Crippen LogP contribution in [0.1, 0.15) is 10.4 Å². The van der Waals surface area contributed by atoms with Gasteiger partial charge in [0.1, 0.15) is 0 Å². The highest BCUT2D eigenvalue weighted by atomic mass is 127. The summed E-state index contributed by atoms with van der Waals surface area (Å²) in [5.41, 5.74) is 0.729. The molecule has 1 atom stereocenters. The average molecular weight is 373 g/mol. The Morgan fingerprint density at radius 1 is 1.32 bits per heavy atom. The number of likely N-dealkylation sites (N-methyl/N-ethyl adjacent to an activating group) is 2. The molecule has 1 aromatic rings. The molecule has 0 bridgehead atoms. The summed E-state index contributed by atoms with van der Waals surface area (Å²) in [5.74, 6) is 0.0121. The van der Waals surface area contributed by atoms with Gasteiger partial charge >= 0.3 is 0 Å². The first kappa shape index (κ1) is 14.7. The monoisotopic (exact) mass is 373 g/mol. The van der Waals surface area contributed by atoms with Crippen molar-refractivity contribution in [2.75, 3.05) is 40.3 Å². The molecule has 5 heteroatoms. The maximum atomic E-state index is 12.0. The van der Waals surface area contributed by atoms with Crippen LogP contribution in [-0.2, 0) is 0 Å². The van der Waals surface area contributed by atoms with E-state index < -0.39 is 0 Å². The Hall–Kier alpha value is -0.660. The van der Waals surface area contributed by atoms with Crippen molar-refractivity contribution in [3.8, 4) is 0 Å². The summed E-state index contributed by atoms with van der Waals surface area (Å²) in [4.78, 5) is 16.7. The van der Waals surface area contributed by atoms with E-state index in [0.717, 1.165) is 28.8 Å². The van der Waals surface area contributed by atoms with E-state index >= 15 is 0 Å². The molecule has 19 heavy (non-hydrogen) atoms. The third-order valence-electron chi connectivity index (χ3n) is 3.58. The van der Waals surface area contributed by atoms with E-state index in [0.29, 0.717) is 12.6 Å². The summed E-state index contributed by atoms with van der Waals surface area (Å²) >= 11 is 2.24. The topological polar surface area (TPSA) is 35.6 Å². The van der Waals surface area contributed by atoms with Gasteiger partial charge in [-0.1, -0.05) is 0 Å². The zero-order valence-corrected chi connectivity index (χ0v) is 13.6. The van der Waals surface area contributed by atoms with Gasteiger partial charge in [0.15, 0.2) is 0 Å². The minimum absolute atomic E-state index is 0.0121. The number of amides is 1. The SMILES string of the molecule is CN1CCN(C)C(CNC(=O)c2ccc(I)cc2)C1. The second-order valence-corrected chi connectivity index (χ2v) is 6.36. The molecule has 104 valence electrons. The van der Waals surface area contributed by atoms with Crippen LogP contribution in [0.15, 0.2) is 24.3 Å². The maximum absolute atomic E-state index is 12.0. The molecule has 1 aliphatic heterocycles. The van der Waals surface area contributed by atoms with Crippen LogP contribution in [0.25, 0.3) is 0 Å². The molecule has 1 aliphatic rings. The third kappa shape index (κ3) is 4.15. The summed E-state index contributed by atoms with van der Waals surface area (Å²) in [6, 6.07) is 8.04. The van der Waals surface area contributed by atoms with Crippen LogP contribution in [0.2, 0.25) is 0 Å². The zero-order valence-electron chi connectivity index (χ0n) is 11.4. The Balaban J connectivity index is 1.87. The van der Waals surface area contributed by atoms with Crippen molar-refractivity contribution in [1.29, 1.82) is 0 Å². The van der Waals surface area contributed by atoms with E-state index in [1.54, 1.807) is 0 Å². The fraction of sp³-hybridized carbons (Fsp3) is 0.500. The summed E-state index contributed by atoms with van der Waals surface area (Å²) in [5, 5.41) is 3.03. The fourth-order valence-electron chi connectivity index (χ4n) is 2.24. The van der Waals surface area contributed by atoms with E-state index in [9.17, 15) is 4.79 Å². The molecule has 4 nitrogen and oxygen atoms in total. The quantitative estimate of drug-likeness (QED) is 0.811. The Morgan fingerprint density at radius 3 is 2.68 bits per heavy atom. The smallest absolute Gasteiger partial charge is 0.251 e. The molecule has 1 heterocycles. The molecule has 1 amide bonds. The third-order valence-corrected chi connectivity index (χ3v) is 4.30. The Morgan fingerprint density at radius 2 is 2.00 bits per heavy atom. The predicted molar refractivity (Wildman–Crippen MR) is 85.4 cm³/mol. The van der Waals surface area contributed by atoms with Crippen molar-refractivity contribution in [2.24, 2.45) is 0 Å². The van der Waals surface area contributed by atoms with Gasteiger partial charge in [0, 0.05) is 41.4 Å². The van der Waals surface area contributed by atoms with Gasteiger partial charge in [0.2, 0.25) is 0 Å². The average Bonchev–Trinajstić information content (AvgIpc) is 2.40. The normalized spacial score (nSPS) is 21.3. The van der Waals surface area contributed by atoms with E-state index in [1.807, 2.05) is 24.3 Å². The number of hydrogen-bond donors (Lipinski definition) is 1. The lowest BCUT2D eigenvalue weighted by molar-refractivity contribution is 0.0881. The Kier molecular flexibility index (Phi) is 5.18. The summed E-state index contributed by atoms with van der Waals surface area (Å²) in [6.07, 6.45) is 0. The molecule has 0 aliphatic carbocycles. The van der Waals surface area contributed by atoms with Gasteiger partial charge in [0.25, 0.3) is 5.91 Å². The lowest BCUT2D eigenvalue weighted by Gasteiger charge is -2.37. The van der Waals surface area contributed by atoms with Crippen molar-refractivity contribution < 1.29 is 4.79 Å². The molecule has 0 saturated carbocycles. The molecule has 0 aromatic heterocycles. The minimum Gasteiger partial charge on any atom is -0.350 e. The van der Waals surface area contributed by atoms with E-state index in [1.165, 1.54) is 0 Å². The molecule has 1 unspecified atom stereocenters. The standard InChI is InChI=1S/C14H20IN3O/c1-17-7-8-18(2)13(10-17)9-16-14(19)11-3-5-12(15)6-4-11/h3-6,13H,7-10H2,1-2H3,(H,16,19). The number of benzene rings is 1. The number of nitrogens with one attached hydrogen (secondary N) is 1. The van der Waals surface area contributed by atoms with Crippen LogP contribution in [0, 0.1) is 3.57 Å². The number of carbonyl (C=O) groups excluding carboxylic acids is 1. The molecule has 1 saturated heterocycles. The van der Waals surface area contributed by atoms with Crippen LogP contribution in [0.4, 0.5) is 0 Å². The van der Waals surface area contributed by atoms with Gasteiger partial charge in [-0.25, -0.2) is 0 Å². The number of hydrogen-bond acceptors (Lipinski definition) is 3. The second kappa shape index (κ2) is 6.67. The fourth-order valence-corrected chi connectivity index (χ4v) is 2.60. The number of halogens is 1. The van der Waals surface area contributed by atoms with Crippen LogP contribution in [0.5, 0.6) is 0 Å². The van der Waals surface area contributed by atoms with Gasteiger partial charge in [-0.2, -0.15) is 0 Å². The number of piperazine rings is 1. The van der Waals surface area contributed by atoms with Crippen LogP contribution in [-0.4, -0.2) is 62.0 Å². The summed E-state index contributed by atoms with van der Waals surface area (Å²) in [7, 11) is 4.25. The van der Waals surface area contributed by atoms with Gasteiger partial charge in [-0.15, -0.1) is 0 Å². The molecule has 0 radical (unpaired) electrons. The molecule has 0 spiro atoms. The van der Waals surface area contributed by atoms with E-state index in [-0.39, 0.29) is 5.91 Å². The minimum atomic E-state index is 0.0121. The van der Waals surface area contributed by atoms with Crippen molar-refractivity contribution in [3.05, 3.63) is 33.4 Å². The highest BCUT2D eigenvalue weighted by Crippen LogP contribution is 2.08. The van der Waals surface area contributed by atoms with Crippen molar-refractivity contribution in [2.45, 2.75) is 6.04 Å². The largest absolute Gasteiger partial charge is 0.350 e. The molecular weight excluding hydrogens is 353 g/mol. The first-order valence-electron chi connectivity index (χ1n) is 6.49. The van der Waals surface area contributed by atoms with E-state index in [2.05, 4.69) is 51.8 Å².